The maximum Gasteiger partial charge on any atom is 0.323 e. The smallest absolute Gasteiger partial charge is 0.323 e. The molecule has 1 N–H and O–H groups in total. The fourth-order valence-electron chi connectivity index (χ4n) is 1.13. The van der Waals surface area contributed by atoms with Gasteiger partial charge in [0.15, 0.2) is 0 Å². The molecule has 5 nitrogen and oxygen atoms in total. The van der Waals surface area contributed by atoms with Crippen LogP contribution in [-0.2, 0) is 4.79 Å². The van der Waals surface area contributed by atoms with E-state index in [-0.39, 0.29) is 18.1 Å². The Morgan fingerprint density at radius 1 is 1.47 bits per heavy atom. The predicted octanol–water partition coefficient (Wildman–Crippen LogP) is 0.547. The molecule has 5 heteroatoms. The molecule has 15 heavy (non-hydrogen) atoms. The number of likely N-dealkylation sites (N-methyl/N-ethyl adjacent to an activating group) is 1. The number of hydrogen-bond acceptors (Lipinski definition) is 3. The van der Waals surface area contributed by atoms with E-state index in [1.54, 1.807) is 25.1 Å². The number of aryl methyl sites for hydroxylation is 1. The van der Waals surface area contributed by atoms with Crippen molar-refractivity contribution in [3.63, 3.8) is 0 Å². The first-order chi connectivity index (χ1) is 7.00. The lowest BCUT2D eigenvalue weighted by molar-refractivity contribution is -0.137. The van der Waals surface area contributed by atoms with Crippen molar-refractivity contribution in [3.8, 4) is 0 Å². The van der Waals surface area contributed by atoms with E-state index in [0.29, 0.717) is 0 Å². The number of carbonyl (C=O) groups excluding carboxylic acids is 1. The SMILES string of the molecule is Cc1cccc(C(=O)N(C)CC(=O)O)n1. The van der Waals surface area contributed by atoms with Gasteiger partial charge in [-0.25, -0.2) is 4.98 Å². The zero-order valence-corrected chi connectivity index (χ0v) is 8.60. The van der Waals surface area contributed by atoms with E-state index in [9.17, 15) is 9.59 Å². The molecular formula is C10H12N2O3. The van der Waals surface area contributed by atoms with Gasteiger partial charge in [-0.15, -0.1) is 0 Å². The molecule has 0 spiro atoms. The molecule has 0 aliphatic heterocycles. The Morgan fingerprint density at radius 2 is 2.13 bits per heavy atom. The molecule has 0 aliphatic carbocycles. The van der Waals surface area contributed by atoms with Crippen LogP contribution in [0.15, 0.2) is 18.2 Å². The zero-order chi connectivity index (χ0) is 11.4. The molecule has 1 rings (SSSR count). The number of amides is 1. The standard InChI is InChI=1S/C10H12N2O3/c1-7-4-3-5-8(11-7)10(15)12(2)6-9(13)14/h3-5H,6H2,1-2H3,(H,13,14). The third kappa shape index (κ3) is 3.05. The number of carboxylic acid groups (broad SMARTS) is 1. The van der Waals surface area contributed by atoms with Crippen LogP contribution < -0.4 is 0 Å². The highest BCUT2D eigenvalue weighted by Crippen LogP contribution is 2.01. The van der Waals surface area contributed by atoms with Crippen LogP contribution in [0.5, 0.6) is 0 Å². The summed E-state index contributed by atoms with van der Waals surface area (Å²) in [6, 6.07) is 5.05. The quantitative estimate of drug-likeness (QED) is 0.787. The van der Waals surface area contributed by atoms with E-state index in [1.807, 2.05) is 0 Å². The minimum absolute atomic E-state index is 0.263. The number of nitrogens with zero attached hydrogens (tertiary/aromatic N) is 2. The second-order valence-electron chi connectivity index (χ2n) is 3.22. The topological polar surface area (TPSA) is 70.5 Å². The molecule has 80 valence electrons. The fraction of sp³-hybridized carbons (Fsp3) is 0.300. The number of pyridine rings is 1. The van der Waals surface area contributed by atoms with E-state index < -0.39 is 5.97 Å². The van der Waals surface area contributed by atoms with Gasteiger partial charge in [-0.1, -0.05) is 6.07 Å². The molecule has 0 aliphatic rings. The average Bonchev–Trinajstić information content (AvgIpc) is 2.15. The van der Waals surface area contributed by atoms with Crippen molar-refractivity contribution in [1.29, 1.82) is 0 Å². The molecule has 0 fully saturated rings. The summed E-state index contributed by atoms with van der Waals surface area (Å²) in [5.41, 5.74) is 0.989. The molecule has 0 radical (unpaired) electrons. The van der Waals surface area contributed by atoms with E-state index >= 15 is 0 Å². The Labute approximate surface area is 87.4 Å². The first kappa shape index (κ1) is 11.2. The van der Waals surface area contributed by atoms with Crippen molar-refractivity contribution in [2.75, 3.05) is 13.6 Å². The summed E-state index contributed by atoms with van der Waals surface area (Å²) in [7, 11) is 1.43. The van der Waals surface area contributed by atoms with Crippen molar-refractivity contribution in [2.24, 2.45) is 0 Å². The third-order valence-electron chi connectivity index (χ3n) is 1.83. The number of aliphatic carboxylic acids is 1. The highest BCUT2D eigenvalue weighted by molar-refractivity contribution is 5.93. The van der Waals surface area contributed by atoms with Crippen LogP contribution in [-0.4, -0.2) is 40.5 Å². The fourth-order valence-corrected chi connectivity index (χ4v) is 1.13. The first-order valence-electron chi connectivity index (χ1n) is 4.41. The Hall–Kier alpha value is -1.91. The zero-order valence-electron chi connectivity index (χ0n) is 8.60. The number of carboxylic acids is 1. The Morgan fingerprint density at radius 3 is 2.67 bits per heavy atom. The molecule has 0 aromatic carbocycles. The molecule has 1 aromatic heterocycles. The first-order valence-corrected chi connectivity index (χ1v) is 4.41. The maximum absolute atomic E-state index is 11.6. The van der Waals surface area contributed by atoms with Crippen molar-refractivity contribution in [1.82, 2.24) is 9.88 Å². The van der Waals surface area contributed by atoms with Crippen LogP contribution in [0.25, 0.3) is 0 Å². The summed E-state index contributed by atoms with van der Waals surface area (Å²) >= 11 is 0. The molecule has 0 atom stereocenters. The summed E-state index contributed by atoms with van der Waals surface area (Å²) in [6.07, 6.45) is 0. The highest BCUT2D eigenvalue weighted by atomic mass is 16.4. The van der Waals surface area contributed by atoms with Crippen LogP contribution in [0.1, 0.15) is 16.2 Å². The van der Waals surface area contributed by atoms with Crippen LogP contribution >= 0.6 is 0 Å². The Bertz CT molecular complexity index is 390. The van der Waals surface area contributed by atoms with Crippen molar-refractivity contribution >= 4 is 11.9 Å². The predicted molar refractivity (Wildman–Crippen MR) is 53.6 cm³/mol. The van der Waals surface area contributed by atoms with Gasteiger partial charge in [0, 0.05) is 12.7 Å². The highest BCUT2D eigenvalue weighted by Gasteiger charge is 2.15. The largest absolute Gasteiger partial charge is 0.480 e. The van der Waals surface area contributed by atoms with Crippen LogP contribution in [0.4, 0.5) is 0 Å². The summed E-state index contributed by atoms with van der Waals surface area (Å²) in [5.74, 6) is -1.43. The second-order valence-corrected chi connectivity index (χ2v) is 3.22. The van der Waals surface area contributed by atoms with Gasteiger partial charge in [0.1, 0.15) is 12.2 Å². The molecule has 1 heterocycles. The van der Waals surface area contributed by atoms with Gasteiger partial charge in [0.05, 0.1) is 0 Å². The third-order valence-corrected chi connectivity index (χ3v) is 1.83. The van der Waals surface area contributed by atoms with Gasteiger partial charge < -0.3 is 10.0 Å². The molecular weight excluding hydrogens is 196 g/mol. The lowest BCUT2D eigenvalue weighted by atomic mass is 10.3. The van der Waals surface area contributed by atoms with Gasteiger partial charge in [-0.05, 0) is 19.1 Å². The van der Waals surface area contributed by atoms with Crippen molar-refractivity contribution < 1.29 is 14.7 Å². The summed E-state index contributed by atoms with van der Waals surface area (Å²) < 4.78 is 0. The summed E-state index contributed by atoms with van der Waals surface area (Å²) in [4.78, 5) is 27.2. The lowest BCUT2D eigenvalue weighted by Gasteiger charge is -2.13. The van der Waals surface area contributed by atoms with Gasteiger partial charge in [0.25, 0.3) is 5.91 Å². The number of carbonyl (C=O) groups is 2. The van der Waals surface area contributed by atoms with Gasteiger partial charge in [-0.2, -0.15) is 0 Å². The van der Waals surface area contributed by atoms with E-state index in [0.717, 1.165) is 10.6 Å². The number of aromatic nitrogens is 1. The molecule has 1 amide bonds. The lowest BCUT2D eigenvalue weighted by Crippen LogP contribution is -2.32. The molecule has 0 saturated heterocycles. The number of rotatable bonds is 3. The van der Waals surface area contributed by atoms with Crippen LogP contribution in [0, 0.1) is 6.92 Å². The molecule has 0 saturated carbocycles. The minimum Gasteiger partial charge on any atom is -0.480 e. The number of hydrogen-bond donors (Lipinski definition) is 1. The maximum atomic E-state index is 11.6. The van der Waals surface area contributed by atoms with E-state index in [1.165, 1.54) is 7.05 Å². The normalized spacial score (nSPS) is 9.73. The van der Waals surface area contributed by atoms with Crippen molar-refractivity contribution in [3.05, 3.63) is 29.6 Å². The van der Waals surface area contributed by atoms with Gasteiger partial charge >= 0.3 is 5.97 Å². The molecule has 0 bridgehead atoms. The summed E-state index contributed by atoms with van der Waals surface area (Å²) in [6.45, 7) is 1.45. The molecule has 1 aromatic rings. The van der Waals surface area contributed by atoms with E-state index in [2.05, 4.69) is 4.98 Å². The monoisotopic (exact) mass is 208 g/mol. The van der Waals surface area contributed by atoms with Crippen LogP contribution in [0.3, 0.4) is 0 Å². The second kappa shape index (κ2) is 4.54. The Kier molecular flexibility index (Phi) is 3.38. The Balaban J connectivity index is 2.80. The van der Waals surface area contributed by atoms with Crippen molar-refractivity contribution in [2.45, 2.75) is 6.92 Å². The minimum atomic E-state index is -1.04. The van der Waals surface area contributed by atoms with E-state index in [4.69, 9.17) is 5.11 Å². The average molecular weight is 208 g/mol. The van der Waals surface area contributed by atoms with Gasteiger partial charge in [0.2, 0.25) is 0 Å². The van der Waals surface area contributed by atoms with Gasteiger partial charge in [-0.3, -0.25) is 9.59 Å². The molecule has 0 unspecified atom stereocenters. The van der Waals surface area contributed by atoms with Crippen LogP contribution in [0.2, 0.25) is 0 Å². The summed E-state index contributed by atoms with van der Waals surface area (Å²) in [5, 5.41) is 8.52.